The van der Waals surface area contributed by atoms with E-state index >= 15 is 0 Å². The molecule has 0 saturated carbocycles. The van der Waals surface area contributed by atoms with Crippen LogP contribution in [0.3, 0.4) is 0 Å². The minimum Gasteiger partial charge on any atom is -0.327 e. The summed E-state index contributed by atoms with van der Waals surface area (Å²) in [6.07, 6.45) is 9.44. The van der Waals surface area contributed by atoms with Crippen molar-refractivity contribution in [1.82, 2.24) is 29.3 Å². The van der Waals surface area contributed by atoms with Crippen LogP contribution in [0.2, 0.25) is 0 Å². The van der Waals surface area contributed by atoms with E-state index < -0.39 is 17.5 Å². The minimum atomic E-state index is -1.49. The van der Waals surface area contributed by atoms with Crippen LogP contribution in [-0.4, -0.2) is 41.2 Å². The van der Waals surface area contributed by atoms with Gasteiger partial charge in [0, 0.05) is 36.6 Å². The number of piperidine rings is 1. The molecule has 6 rings (SSSR count). The molecule has 33 heavy (non-hydrogen) atoms. The number of rotatable bonds is 2. The fourth-order valence-corrected chi connectivity index (χ4v) is 5.34. The highest BCUT2D eigenvalue weighted by Gasteiger charge is 2.44. The fourth-order valence-electron chi connectivity index (χ4n) is 5.34. The summed E-state index contributed by atoms with van der Waals surface area (Å²) in [6, 6.07) is 1.64. The van der Waals surface area contributed by atoms with Crippen LogP contribution in [0.1, 0.15) is 46.9 Å². The molecule has 4 aromatic rings. The van der Waals surface area contributed by atoms with Crippen molar-refractivity contribution in [3.63, 3.8) is 0 Å². The molecule has 1 amide bonds. The van der Waals surface area contributed by atoms with Crippen LogP contribution in [0.4, 0.5) is 13.2 Å². The molecule has 1 aromatic carbocycles. The Balaban J connectivity index is 1.45. The molecule has 0 radical (unpaired) electrons. The molecule has 168 valence electrons. The number of halogens is 3. The van der Waals surface area contributed by atoms with Crippen LogP contribution in [-0.2, 0) is 13.5 Å². The smallest absolute Gasteiger partial charge is 0.258 e. The van der Waals surface area contributed by atoms with Crippen molar-refractivity contribution in [2.45, 2.75) is 37.8 Å². The second-order valence-electron chi connectivity index (χ2n) is 8.57. The van der Waals surface area contributed by atoms with Crippen molar-refractivity contribution in [3.05, 3.63) is 71.2 Å². The molecule has 3 aromatic heterocycles. The molecule has 2 aliphatic rings. The van der Waals surface area contributed by atoms with Crippen LogP contribution in [0, 0.1) is 17.5 Å². The summed E-state index contributed by atoms with van der Waals surface area (Å²) >= 11 is 0. The van der Waals surface area contributed by atoms with Gasteiger partial charge >= 0.3 is 0 Å². The molecule has 1 fully saturated rings. The summed E-state index contributed by atoms with van der Waals surface area (Å²) in [4.78, 5) is 19.6. The molecule has 0 spiro atoms. The molecule has 0 N–H and O–H groups in total. The first-order valence-electron chi connectivity index (χ1n) is 10.7. The number of amides is 1. The highest BCUT2D eigenvalue weighted by atomic mass is 19.2. The lowest BCUT2D eigenvalue weighted by atomic mass is 9.81. The number of fused-ring (bicyclic) bond motifs is 5. The van der Waals surface area contributed by atoms with E-state index in [2.05, 4.69) is 15.2 Å². The second kappa shape index (κ2) is 7.16. The van der Waals surface area contributed by atoms with Gasteiger partial charge in [-0.15, -0.1) is 0 Å². The first-order chi connectivity index (χ1) is 15.9. The Bertz CT molecular complexity index is 1400. The monoisotopic (exact) mass is 452 g/mol. The van der Waals surface area contributed by atoms with Gasteiger partial charge in [0.05, 0.1) is 40.9 Å². The van der Waals surface area contributed by atoms with Crippen LogP contribution in [0.25, 0.3) is 16.8 Å². The minimum absolute atomic E-state index is 0.0894. The van der Waals surface area contributed by atoms with Crippen LogP contribution in [0.15, 0.2) is 36.9 Å². The summed E-state index contributed by atoms with van der Waals surface area (Å²) in [5.74, 6) is -4.11. The van der Waals surface area contributed by atoms with Crippen molar-refractivity contribution < 1.29 is 18.0 Å². The molecule has 10 heteroatoms. The van der Waals surface area contributed by atoms with Gasteiger partial charge in [-0.1, -0.05) is 0 Å². The van der Waals surface area contributed by atoms with Gasteiger partial charge in [0.15, 0.2) is 17.5 Å². The lowest BCUT2D eigenvalue weighted by molar-refractivity contribution is 0.0394. The third-order valence-electron chi connectivity index (χ3n) is 6.72. The second-order valence-corrected chi connectivity index (χ2v) is 8.57. The van der Waals surface area contributed by atoms with E-state index in [1.54, 1.807) is 41.0 Å². The van der Waals surface area contributed by atoms with Gasteiger partial charge in [-0.05, 0) is 37.8 Å². The number of benzene rings is 1. The third kappa shape index (κ3) is 2.89. The standard InChI is InChI=1S/C23H19F3N6O/c1-30-22(12-7-16(24)20(26)17(25)8-12)14-9-13-3-2-4-18(21(14)29-30)32(13)23(33)15-10-28-31-6-5-27-11-19(15)31/h5-8,10-11,13,18H,2-4,9H2,1H3/t13-,18-/m1/s1. The SMILES string of the molecule is Cn1nc2c(c1-c1cc(F)c(F)c(F)c1)C[C@H]1CCC[C@H]2N1C(=O)c1cnn2ccncc12. The topological polar surface area (TPSA) is 68.3 Å². The predicted molar refractivity (Wildman–Crippen MR) is 112 cm³/mol. The first-order valence-corrected chi connectivity index (χ1v) is 10.7. The van der Waals surface area contributed by atoms with Crippen LogP contribution in [0.5, 0.6) is 0 Å². The van der Waals surface area contributed by atoms with Gasteiger partial charge < -0.3 is 4.90 Å². The Morgan fingerprint density at radius 2 is 1.91 bits per heavy atom. The van der Waals surface area contributed by atoms with Gasteiger partial charge in [-0.3, -0.25) is 14.5 Å². The Labute approximate surface area is 186 Å². The zero-order valence-corrected chi connectivity index (χ0v) is 17.7. The Hall–Kier alpha value is -3.69. The summed E-state index contributed by atoms with van der Waals surface area (Å²) in [5.41, 5.74) is 3.45. The summed E-state index contributed by atoms with van der Waals surface area (Å²) < 4.78 is 44.7. The van der Waals surface area contributed by atoms with Gasteiger partial charge in [-0.2, -0.15) is 10.2 Å². The van der Waals surface area contributed by atoms with Gasteiger partial charge in [-0.25, -0.2) is 17.7 Å². The van der Waals surface area contributed by atoms with E-state index in [9.17, 15) is 18.0 Å². The molecular weight excluding hydrogens is 433 g/mol. The largest absolute Gasteiger partial charge is 0.327 e. The number of hydrogen-bond acceptors (Lipinski definition) is 4. The molecule has 0 unspecified atom stereocenters. The molecule has 2 atom stereocenters. The maximum absolute atomic E-state index is 14.0. The lowest BCUT2D eigenvalue weighted by Crippen LogP contribution is -2.49. The van der Waals surface area contributed by atoms with E-state index in [-0.39, 0.29) is 23.6 Å². The number of aryl methyl sites for hydroxylation is 1. The zero-order valence-electron chi connectivity index (χ0n) is 17.7. The Kier molecular flexibility index (Phi) is 4.33. The molecule has 2 bridgehead atoms. The van der Waals surface area contributed by atoms with Crippen LogP contribution < -0.4 is 0 Å². The van der Waals surface area contributed by atoms with Crippen molar-refractivity contribution in [2.24, 2.45) is 7.05 Å². The molecule has 5 heterocycles. The summed E-state index contributed by atoms with van der Waals surface area (Å²) in [7, 11) is 1.69. The molecule has 1 saturated heterocycles. The van der Waals surface area contributed by atoms with E-state index in [1.807, 2.05) is 4.90 Å². The normalized spacial score (nSPS) is 19.7. The van der Waals surface area contributed by atoms with Gasteiger partial charge in [0.2, 0.25) is 0 Å². The third-order valence-corrected chi connectivity index (χ3v) is 6.72. The molecule has 7 nitrogen and oxygen atoms in total. The molecule has 2 aliphatic heterocycles. The van der Waals surface area contributed by atoms with E-state index in [4.69, 9.17) is 0 Å². The molecular formula is C23H19F3N6O. The van der Waals surface area contributed by atoms with E-state index in [1.165, 1.54) is 0 Å². The maximum atomic E-state index is 14.0. The number of carbonyl (C=O) groups is 1. The van der Waals surface area contributed by atoms with E-state index in [0.29, 0.717) is 23.2 Å². The Morgan fingerprint density at radius 1 is 1.12 bits per heavy atom. The number of aromatic nitrogens is 5. The Morgan fingerprint density at radius 3 is 2.70 bits per heavy atom. The highest BCUT2D eigenvalue weighted by Crippen LogP contribution is 2.45. The average Bonchev–Trinajstić information content (AvgIpc) is 3.37. The van der Waals surface area contributed by atoms with Crippen molar-refractivity contribution in [1.29, 1.82) is 0 Å². The summed E-state index contributed by atoms with van der Waals surface area (Å²) in [6.45, 7) is 0. The van der Waals surface area contributed by atoms with E-state index in [0.717, 1.165) is 42.7 Å². The van der Waals surface area contributed by atoms with Gasteiger partial charge in [0.1, 0.15) is 0 Å². The predicted octanol–water partition coefficient (Wildman–Crippen LogP) is 3.84. The summed E-state index contributed by atoms with van der Waals surface area (Å²) in [5, 5.41) is 8.92. The molecule has 0 aliphatic carbocycles. The van der Waals surface area contributed by atoms with Crippen molar-refractivity contribution in [2.75, 3.05) is 0 Å². The van der Waals surface area contributed by atoms with Crippen molar-refractivity contribution >= 4 is 11.4 Å². The fraction of sp³-hybridized carbons (Fsp3) is 0.304. The number of hydrogen-bond donors (Lipinski definition) is 0. The quantitative estimate of drug-likeness (QED) is 0.434. The zero-order chi connectivity index (χ0) is 22.9. The van der Waals surface area contributed by atoms with Crippen LogP contribution >= 0.6 is 0 Å². The maximum Gasteiger partial charge on any atom is 0.258 e. The van der Waals surface area contributed by atoms with Gasteiger partial charge in [0.25, 0.3) is 5.91 Å². The number of carbonyl (C=O) groups excluding carboxylic acids is 1. The lowest BCUT2D eigenvalue weighted by Gasteiger charge is -2.45. The van der Waals surface area contributed by atoms with Crippen molar-refractivity contribution in [3.8, 4) is 11.3 Å². The average molecular weight is 452 g/mol. The number of nitrogens with zero attached hydrogens (tertiary/aromatic N) is 6. The first kappa shape index (κ1) is 20.0. The highest BCUT2D eigenvalue weighted by molar-refractivity contribution is 6.01.